The Morgan fingerprint density at radius 1 is 0.982 bits per heavy atom. The summed E-state index contributed by atoms with van der Waals surface area (Å²) >= 11 is 1.72. The maximum absolute atomic E-state index is 12.9. The zero-order valence-electron chi connectivity index (χ0n) is 31.8. The number of likely N-dealkylation sites (tertiary alicyclic amines) is 1. The number of nitrogens with two attached hydrogens (primary N) is 2. The number of ether oxygens (including phenoxy) is 1. The number of carbonyl (C=O) groups is 2. The number of para-hydroxylation sites is 1. The highest BCUT2D eigenvalue weighted by Crippen LogP contribution is 2.41. The van der Waals surface area contributed by atoms with Crippen LogP contribution in [0.25, 0.3) is 0 Å². The van der Waals surface area contributed by atoms with E-state index in [0.717, 1.165) is 92.9 Å². The van der Waals surface area contributed by atoms with Crippen LogP contribution in [-0.2, 0) is 35.0 Å². The number of aliphatic imine (C=N–C) groups is 1. The maximum atomic E-state index is 12.9. The minimum absolute atomic E-state index is 0.0750. The molecule has 6 N–H and O–H groups in total. The summed E-state index contributed by atoms with van der Waals surface area (Å²) in [5.41, 5.74) is 9.54. The average Bonchev–Trinajstić information content (AvgIpc) is 4.02. The molecule has 2 unspecified atom stereocenters. The van der Waals surface area contributed by atoms with Crippen LogP contribution in [0, 0.1) is 11.8 Å². The van der Waals surface area contributed by atoms with E-state index in [1.165, 1.54) is 18.9 Å². The molecular formula is C39H52F3N9O4S. The Morgan fingerprint density at radius 2 is 1.62 bits per heavy atom. The van der Waals surface area contributed by atoms with E-state index in [4.69, 9.17) is 10.5 Å². The Morgan fingerprint density at radius 3 is 2.16 bits per heavy atom. The third-order valence-corrected chi connectivity index (χ3v) is 11.5. The van der Waals surface area contributed by atoms with E-state index in [-0.39, 0.29) is 23.4 Å². The fourth-order valence-electron chi connectivity index (χ4n) is 7.22. The van der Waals surface area contributed by atoms with E-state index in [1.54, 1.807) is 11.9 Å². The molecule has 0 bridgehead atoms. The molecule has 4 fully saturated rings. The SMILES string of the molecule is C=NCN1CC2COCC2C1.C=NN.CCc1c(N2CCN(C(=O)c3ccccc3NSC3CC3)CC2)c1=O.NCC(=O)Nc1ccc(C(F)(F)F)c2c1CC2. The fourth-order valence-corrected chi connectivity index (χ4v) is 8.06. The summed E-state index contributed by atoms with van der Waals surface area (Å²) in [6.45, 7) is 16.0. The Labute approximate surface area is 329 Å². The Bertz CT molecular complexity index is 1830. The summed E-state index contributed by atoms with van der Waals surface area (Å²) < 4.78 is 46.6. The molecule has 3 heterocycles. The summed E-state index contributed by atoms with van der Waals surface area (Å²) in [6.07, 6.45) is -0.0595. The highest BCUT2D eigenvalue weighted by atomic mass is 32.2. The smallest absolute Gasteiger partial charge is 0.381 e. The number of hydrogen-bond acceptors (Lipinski definition) is 12. The zero-order valence-corrected chi connectivity index (χ0v) is 32.6. The lowest BCUT2D eigenvalue weighted by atomic mass is 9.83. The lowest BCUT2D eigenvalue weighted by Gasteiger charge is -2.34. The van der Waals surface area contributed by atoms with Gasteiger partial charge in [-0.3, -0.25) is 24.3 Å². The fraction of sp³-hybridized carbons (Fsp3) is 0.513. The highest BCUT2D eigenvalue weighted by Gasteiger charge is 2.38. The van der Waals surface area contributed by atoms with Gasteiger partial charge in [0.25, 0.3) is 5.91 Å². The van der Waals surface area contributed by atoms with Gasteiger partial charge in [0, 0.05) is 74.3 Å². The topological polar surface area (TPSA) is 171 Å². The number of anilines is 3. The van der Waals surface area contributed by atoms with Crippen LogP contribution in [0.2, 0.25) is 0 Å². The van der Waals surface area contributed by atoms with E-state index >= 15 is 0 Å². The first-order valence-corrected chi connectivity index (χ1v) is 19.7. The number of nitrogens with one attached hydrogen (secondary N) is 2. The zero-order chi connectivity index (χ0) is 40.4. The van der Waals surface area contributed by atoms with Crippen LogP contribution in [0.4, 0.5) is 30.2 Å². The van der Waals surface area contributed by atoms with E-state index in [1.807, 2.05) is 36.1 Å². The Balaban J connectivity index is 0.000000167. The first kappa shape index (κ1) is 42.7. The van der Waals surface area contributed by atoms with E-state index in [9.17, 15) is 27.6 Å². The van der Waals surface area contributed by atoms with Gasteiger partial charge in [-0.15, -0.1) is 0 Å². The van der Waals surface area contributed by atoms with Gasteiger partial charge in [-0.25, -0.2) is 0 Å². The molecule has 5 aliphatic rings. The molecule has 13 nitrogen and oxygen atoms in total. The largest absolute Gasteiger partial charge is 0.416 e. The summed E-state index contributed by atoms with van der Waals surface area (Å²) in [5.74, 6) is 5.58. The molecule has 3 aromatic rings. The van der Waals surface area contributed by atoms with Crippen LogP contribution in [0.15, 0.2) is 51.3 Å². The van der Waals surface area contributed by atoms with Crippen molar-refractivity contribution in [2.75, 3.05) is 80.6 Å². The summed E-state index contributed by atoms with van der Waals surface area (Å²) in [7, 11) is 0. The first-order valence-electron chi connectivity index (χ1n) is 18.9. The number of halogens is 3. The third kappa shape index (κ3) is 10.9. The number of rotatable bonds is 10. The average molecular weight is 800 g/mol. The van der Waals surface area contributed by atoms with E-state index in [2.05, 4.69) is 49.2 Å². The summed E-state index contributed by atoms with van der Waals surface area (Å²) in [6, 6.07) is 10.0. The van der Waals surface area contributed by atoms with Crippen molar-refractivity contribution in [3.8, 4) is 0 Å². The normalized spacial score (nSPS) is 19.8. The lowest BCUT2D eigenvalue weighted by Crippen LogP contribution is -2.48. The predicted molar refractivity (Wildman–Crippen MR) is 217 cm³/mol. The first-order chi connectivity index (χ1) is 26.9. The van der Waals surface area contributed by atoms with Crippen LogP contribution in [-0.4, -0.2) is 106 Å². The van der Waals surface area contributed by atoms with Crippen molar-refractivity contribution in [1.29, 1.82) is 0 Å². The van der Waals surface area contributed by atoms with Gasteiger partial charge in [-0.1, -0.05) is 19.1 Å². The molecule has 3 saturated heterocycles. The Kier molecular flexibility index (Phi) is 15.0. The van der Waals surface area contributed by atoms with Gasteiger partial charge in [0.15, 0.2) is 0 Å². The number of hydrogen-bond donors (Lipinski definition) is 4. The molecule has 0 spiro atoms. The molecule has 0 aromatic heterocycles. The molecule has 8 rings (SSSR count). The molecule has 2 aliphatic carbocycles. The highest BCUT2D eigenvalue weighted by molar-refractivity contribution is 8.01. The molecule has 2 atom stereocenters. The van der Waals surface area contributed by atoms with Gasteiger partial charge >= 0.3 is 6.18 Å². The maximum Gasteiger partial charge on any atom is 0.416 e. The number of benzene rings is 2. The summed E-state index contributed by atoms with van der Waals surface area (Å²) in [5, 5.41) is 5.93. The van der Waals surface area contributed by atoms with Crippen molar-refractivity contribution in [1.82, 2.24) is 9.80 Å². The predicted octanol–water partition coefficient (Wildman–Crippen LogP) is 4.15. The number of fused-ring (bicyclic) bond motifs is 2. The van der Waals surface area contributed by atoms with Crippen molar-refractivity contribution in [3.63, 3.8) is 0 Å². The van der Waals surface area contributed by atoms with Gasteiger partial charge in [0.1, 0.15) is 0 Å². The minimum Gasteiger partial charge on any atom is -0.381 e. The number of amides is 2. The van der Waals surface area contributed by atoms with Gasteiger partial charge in [-0.2, -0.15) is 18.3 Å². The Hall–Kier alpha value is -4.45. The molecule has 3 aliphatic heterocycles. The molecule has 304 valence electrons. The van der Waals surface area contributed by atoms with Crippen molar-refractivity contribution in [2.24, 2.45) is 33.5 Å². The monoisotopic (exact) mass is 799 g/mol. The van der Waals surface area contributed by atoms with E-state index in [0.29, 0.717) is 42.4 Å². The standard InChI is InChI=1S/C19H23N3O2S.C11H11F3N2O.C8H14N2O.CH4N2/c1-2-14-17(18(14)23)21-9-11-22(12-10-21)19(24)15-5-3-4-6-16(15)20-25-13-7-8-13;12-11(13,14)8-3-4-9(16-10(17)5-15)7-2-1-6(7)8;1-9-6-10-2-7-4-11-5-8(7)3-10;1-3-2/h3-6,13,20H,2,7-12H2,1H3;3-4H,1-2,5,15H2,(H,16,17);7-8H,1-6H2;1-2H2. The van der Waals surface area contributed by atoms with Crippen molar-refractivity contribution in [2.45, 2.75) is 50.5 Å². The minimum atomic E-state index is -4.33. The molecule has 17 heteroatoms. The molecule has 1 saturated carbocycles. The molecule has 2 amide bonds. The molecule has 3 aromatic carbocycles. The van der Waals surface area contributed by atoms with Gasteiger partial charge in [-0.05, 0) is 86.2 Å². The van der Waals surface area contributed by atoms with Crippen LogP contribution < -0.4 is 31.9 Å². The van der Waals surface area contributed by atoms with Crippen molar-refractivity contribution in [3.05, 3.63) is 74.4 Å². The quantitative estimate of drug-likeness (QED) is 0.101. The molecular weight excluding hydrogens is 748 g/mol. The second-order valence-corrected chi connectivity index (χ2v) is 15.4. The van der Waals surface area contributed by atoms with Gasteiger partial charge < -0.3 is 36.2 Å². The number of nitrogens with zero attached hydrogens (tertiary/aromatic N) is 5. The number of carbonyl (C=O) groups excluding carboxylic acids is 2. The lowest BCUT2D eigenvalue weighted by molar-refractivity contribution is -0.138. The second kappa shape index (κ2) is 19.6. The van der Waals surface area contributed by atoms with Gasteiger partial charge in [0.2, 0.25) is 11.3 Å². The number of alkyl halides is 3. The third-order valence-electron chi connectivity index (χ3n) is 10.4. The van der Waals surface area contributed by atoms with Crippen LogP contribution in [0.3, 0.4) is 0 Å². The molecule has 56 heavy (non-hydrogen) atoms. The number of piperazine rings is 1. The van der Waals surface area contributed by atoms with Crippen molar-refractivity contribution < 1.29 is 27.5 Å². The number of hydrazone groups is 1. The molecule has 0 radical (unpaired) electrons. The second-order valence-electron chi connectivity index (χ2n) is 14.3. The van der Waals surface area contributed by atoms with Crippen LogP contribution in [0.5, 0.6) is 0 Å². The van der Waals surface area contributed by atoms with Crippen molar-refractivity contribution >= 4 is 54.3 Å². The van der Waals surface area contributed by atoms with Gasteiger partial charge in [0.05, 0.1) is 48.9 Å². The van der Waals surface area contributed by atoms with Crippen LogP contribution in [0.1, 0.15) is 52.4 Å². The summed E-state index contributed by atoms with van der Waals surface area (Å²) in [4.78, 5) is 46.1. The van der Waals surface area contributed by atoms with Crippen LogP contribution >= 0.6 is 11.9 Å². The van der Waals surface area contributed by atoms with E-state index < -0.39 is 17.6 Å².